The quantitative estimate of drug-likeness (QED) is 0.691. The van der Waals surface area contributed by atoms with Crippen LogP contribution in [0.5, 0.6) is 0 Å². The van der Waals surface area contributed by atoms with Gasteiger partial charge in [-0.2, -0.15) is 13.2 Å². The van der Waals surface area contributed by atoms with E-state index in [1.807, 2.05) is 0 Å². The summed E-state index contributed by atoms with van der Waals surface area (Å²) in [4.78, 5) is 10.3. The molecule has 0 spiro atoms. The third-order valence-corrected chi connectivity index (χ3v) is 1.63. The topological polar surface area (TPSA) is 58.6 Å². The molecule has 0 aromatic heterocycles. The van der Waals surface area contributed by atoms with Crippen molar-refractivity contribution in [1.82, 2.24) is 5.32 Å². The molecule has 0 aliphatic carbocycles. The van der Waals surface area contributed by atoms with Crippen molar-refractivity contribution < 1.29 is 27.8 Å². The lowest BCUT2D eigenvalue weighted by Crippen LogP contribution is -2.53. The van der Waals surface area contributed by atoms with Gasteiger partial charge in [0.15, 0.2) is 12.2 Å². The summed E-state index contributed by atoms with van der Waals surface area (Å²) in [5, 5.41) is 10.7. The maximum absolute atomic E-state index is 12.0. The van der Waals surface area contributed by atoms with E-state index >= 15 is 0 Å². The molecule has 8 heteroatoms. The molecule has 0 radical (unpaired) electrons. The Kier molecular flexibility index (Phi) is 4.63. The highest BCUT2D eigenvalue weighted by atomic mass is 35.5. The van der Waals surface area contributed by atoms with Gasteiger partial charge in [0.1, 0.15) is 0 Å². The van der Waals surface area contributed by atoms with Crippen molar-refractivity contribution in [2.24, 2.45) is 0 Å². The van der Waals surface area contributed by atoms with Crippen LogP contribution in [0.2, 0.25) is 0 Å². The monoisotopic (exact) mass is 235 g/mol. The number of aliphatic carboxylic acids is 1. The fourth-order valence-electron chi connectivity index (χ4n) is 0.978. The standard InChI is InChI=1S/C6H8F3NO3.ClH/c7-6(8,9)4-2-10-1-3(13-4)5(11)12;/h3-4,10H,1-2H2,(H,11,12);1H. The van der Waals surface area contributed by atoms with Crippen molar-refractivity contribution in [2.75, 3.05) is 13.1 Å². The Morgan fingerprint density at radius 3 is 2.43 bits per heavy atom. The third-order valence-electron chi connectivity index (χ3n) is 1.63. The van der Waals surface area contributed by atoms with Gasteiger partial charge in [-0.15, -0.1) is 12.4 Å². The highest BCUT2D eigenvalue weighted by Crippen LogP contribution is 2.24. The second kappa shape index (κ2) is 4.81. The number of nitrogens with one attached hydrogen (secondary N) is 1. The number of rotatable bonds is 1. The summed E-state index contributed by atoms with van der Waals surface area (Å²) in [5.41, 5.74) is 0. The molecule has 1 fully saturated rings. The van der Waals surface area contributed by atoms with Gasteiger partial charge >= 0.3 is 12.1 Å². The zero-order valence-corrected chi connectivity index (χ0v) is 7.69. The number of morpholine rings is 1. The minimum atomic E-state index is -4.51. The summed E-state index contributed by atoms with van der Waals surface area (Å²) in [6.45, 7) is -0.491. The zero-order chi connectivity index (χ0) is 10.1. The van der Waals surface area contributed by atoms with Crippen molar-refractivity contribution >= 4 is 18.4 Å². The fraction of sp³-hybridized carbons (Fsp3) is 0.833. The number of alkyl halides is 3. The number of ether oxygens (including phenoxy) is 1. The van der Waals surface area contributed by atoms with Gasteiger partial charge in [-0.3, -0.25) is 0 Å². The molecule has 0 amide bonds. The third kappa shape index (κ3) is 3.32. The number of carboxylic acid groups (broad SMARTS) is 1. The number of carboxylic acids is 1. The Morgan fingerprint density at radius 2 is 2.00 bits per heavy atom. The molecule has 1 aliphatic heterocycles. The molecule has 1 heterocycles. The highest BCUT2D eigenvalue weighted by molar-refractivity contribution is 5.85. The molecular weight excluding hydrogens is 227 g/mol. The molecule has 2 unspecified atom stereocenters. The summed E-state index contributed by atoms with van der Waals surface area (Å²) < 4.78 is 40.4. The molecule has 14 heavy (non-hydrogen) atoms. The van der Waals surface area contributed by atoms with E-state index < -0.39 is 30.9 Å². The van der Waals surface area contributed by atoms with E-state index in [2.05, 4.69) is 10.1 Å². The smallest absolute Gasteiger partial charge is 0.415 e. The van der Waals surface area contributed by atoms with Crippen LogP contribution in [0, 0.1) is 0 Å². The Labute approximate surface area is 83.8 Å². The van der Waals surface area contributed by atoms with Gasteiger partial charge in [0, 0.05) is 13.1 Å². The number of halogens is 4. The van der Waals surface area contributed by atoms with Gasteiger partial charge < -0.3 is 15.2 Å². The van der Waals surface area contributed by atoms with Crippen molar-refractivity contribution in [3.8, 4) is 0 Å². The van der Waals surface area contributed by atoms with Gasteiger partial charge in [0.25, 0.3) is 0 Å². The molecular formula is C6H9ClF3NO3. The second-order valence-electron chi connectivity index (χ2n) is 2.65. The van der Waals surface area contributed by atoms with E-state index in [4.69, 9.17) is 5.11 Å². The summed E-state index contributed by atoms with van der Waals surface area (Å²) in [6, 6.07) is 0. The van der Waals surface area contributed by atoms with Crippen molar-refractivity contribution in [1.29, 1.82) is 0 Å². The fourth-order valence-corrected chi connectivity index (χ4v) is 0.978. The lowest BCUT2D eigenvalue weighted by atomic mass is 10.2. The van der Waals surface area contributed by atoms with E-state index in [1.165, 1.54) is 0 Å². The normalized spacial score (nSPS) is 27.9. The van der Waals surface area contributed by atoms with E-state index in [1.54, 1.807) is 0 Å². The van der Waals surface area contributed by atoms with Crippen LogP contribution in [0.25, 0.3) is 0 Å². The molecule has 4 nitrogen and oxygen atoms in total. The largest absolute Gasteiger partial charge is 0.479 e. The first-order chi connectivity index (χ1) is 5.91. The maximum atomic E-state index is 12.0. The summed E-state index contributed by atoms with van der Waals surface area (Å²) in [6.07, 6.45) is -7.95. The van der Waals surface area contributed by atoms with Crippen LogP contribution >= 0.6 is 12.4 Å². The Bertz CT molecular complexity index is 211. The minimum Gasteiger partial charge on any atom is -0.479 e. The van der Waals surface area contributed by atoms with Gasteiger partial charge in [-0.1, -0.05) is 0 Å². The van der Waals surface area contributed by atoms with E-state index in [9.17, 15) is 18.0 Å². The summed E-state index contributed by atoms with van der Waals surface area (Å²) >= 11 is 0. The van der Waals surface area contributed by atoms with Crippen LogP contribution in [0.1, 0.15) is 0 Å². The van der Waals surface area contributed by atoms with Crippen LogP contribution in [-0.4, -0.2) is 42.5 Å². The van der Waals surface area contributed by atoms with Crippen LogP contribution in [0.3, 0.4) is 0 Å². The maximum Gasteiger partial charge on any atom is 0.415 e. The van der Waals surface area contributed by atoms with Crippen molar-refractivity contribution in [2.45, 2.75) is 18.4 Å². The van der Waals surface area contributed by atoms with Crippen LogP contribution in [0.15, 0.2) is 0 Å². The lowest BCUT2D eigenvalue weighted by molar-refractivity contribution is -0.240. The van der Waals surface area contributed by atoms with Gasteiger partial charge in [0.2, 0.25) is 0 Å². The van der Waals surface area contributed by atoms with Gasteiger partial charge in [0.05, 0.1) is 0 Å². The average molecular weight is 236 g/mol. The van der Waals surface area contributed by atoms with Gasteiger partial charge in [-0.05, 0) is 0 Å². The van der Waals surface area contributed by atoms with Gasteiger partial charge in [-0.25, -0.2) is 4.79 Å². The second-order valence-corrected chi connectivity index (χ2v) is 2.65. The molecule has 2 N–H and O–H groups in total. The predicted molar refractivity (Wildman–Crippen MR) is 42.5 cm³/mol. The first-order valence-corrected chi connectivity index (χ1v) is 3.57. The van der Waals surface area contributed by atoms with Crippen molar-refractivity contribution in [3.63, 3.8) is 0 Å². The SMILES string of the molecule is Cl.O=C(O)C1CNCC(C(F)(F)F)O1. The molecule has 1 saturated heterocycles. The highest BCUT2D eigenvalue weighted by Gasteiger charge is 2.44. The summed E-state index contributed by atoms with van der Waals surface area (Å²) in [5.74, 6) is -1.39. The Morgan fingerprint density at radius 1 is 1.43 bits per heavy atom. The van der Waals surface area contributed by atoms with Crippen molar-refractivity contribution in [3.05, 3.63) is 0 Å². The molecule has 1 aliphatic rings. The average Bonchev–Trinajstić information content (AvgIpc) is 2.03. The molecule has 1 rings (SSSR count). The van der Waals surface area contributed by atoms with E-state index in [0.717, 1.165) is 0 Å². The molecule has 84 valence electrons. The number of hydrogen-bond acceptors (Lipinski definition) is 3. The molecule has 0 aromatic carbocycles. The zero-order valence-electron chi connectivity index (χ0n) is 6.87. The minimum absolute atomic E-state index is 0. The summed E-state index contributed by atoms with van der Waals surface area (Å²) in [7, 11) is 0. The molecule has 2 atom stereocenters. The molecule has 0 aromatic rings. The van der Waals surface area contributed by atoms with Crippen LogP contribution in [-0.2, 0) is 9.53 Å². The first-order valence-electron chi connectivity index (χ1n) is 3.57. The number of carbonyl (C=O) groups is 1. The van der Waals surface area contributed by atoms with E-state index in [-0.39, 0.29) is 19.0 Å². The van der Waals surface area contributed by atoms with Crippen LogP contribution in [0.4, 0.5) is 13.2 Å². The first kappa shape index (κ1) is 13.5. The molecule has 0 bridgehead atoms. The lowest BCUT2D eigenvalue weighted by Gasteiger charge is -2.29. The molecule has 0 saturated carbocycles. The van der Waals surface area contributed by atoms with Crippen LogP contribution < -0.4 is 5.32 Å². The van der Waals surface area contributed by atoms with E-state index in [0.29, 0.717) is 0 Å². The Hall–Kier alpha value is -0.530. The predicted octanol–water partition coefficient (Wildman–Crippen LogP) is 0.412. The number of hydrogen-bond donors (Lipinski definition) is 2. The Balaban J connectivity index is 0.00000169.